The molecule has 1 aliphatic carbocycles. The summed E-state index contributed by atoms with van der Waals surface area (Å²) in [6.07, 6.45) is 12.8. The summed E-state index contributed by atoms with van der Waals surface area (Å²) in [6.45, 7) is 2.65. The fraction of sp³-hybridized carbons (Fsp3) is 0.0857. The van der Waals surface area contributed by atoms with Gasteiger partial charge in [0.15, 0.2) is 0 Å². The van der Waals surface area contributed by atoms with E-state index in [0.29, 0.717) is 0 Å². The Labute approximate surface area is 466 Å². The number of benzene rings is 10. The molecule has 0 heterocycles. The molecule has 5 heteroatoms. The fourth-order valence-corrected chi connectivity index (χ4v) is 25.9. The van der Waals surface area contributed by atoms with Gasteiger partial charge in [-0.15, -0.1) is 0 Å². The first-order valence-corrected chi connectivity index (χ1v) is 30.6. The molecule has 1 fully saturated rings. The quantitative estimate of drug-likeness (QED) is 0.0797. The van der Waals surface area contributed by atoms with Crippen LogP contribution in [0.4, 0.5) is 0 Å². The van der Waals surface area contributed by atoms with Crippen molar-refractivity contribution in [3.05, 3.63) is 329 Å². The van der Waals surface area contributed by atoms with Gasteiger partial charge in [-0.2, -0.15) is 21.9 Å². The summed E-state index contributed by atoms with van der Waals surface area (Å²) in [4.78, 5) is 0. The van der Waals surface area contributed by atoms with Crippen LogP contribution in [0.5, 0.6) is 0 Å². The second kappa shape index (κ2) is 28.9. The predicted molar refractivity (Wildman–Crippen MR) is 334 cm³/mol. The third-order valence-corrected chi connectivity index (χ3v) is 26.5. The molecule has 1 saturated carbocycles. The Morgan fingerprint density at radius 1 is 0.280 bits per heavy atom. The van der Waals surface area contributed by atoms with E-state index in [9.17, 15) is 0 Å². The van der Waals surface area contributed by atoms with Crippen molar-refractivity contribution in [1.82, 2.24) is 0 Å². The Morgan fingerprint density at radius 3 is 0.680 bits per heavy atom. The van der Waals surface area contributed by atoms with Gasteiger partial charge in [0.2, 0.25) is 4.64 Å². The summed E-state index contributed by atoms with van der Waals surface area (Å²) >= 11 is 0. The largest absolute Gasteiger partial charge is 0.212 e. The van der Waals surface area contributed by atoms with E-state index in [0.717, 1.165) is 0 Å². The summed E-state index contributed by atoms with van der Waals surface area (Å²) in [7, 11) is -3.48. The third-order valence-electron chi connectivity index (χ3n) is 14.2. The minimum atomic E-state index is -1.35. The van der Waals surface area contributed by atoms with Crippen LogP contribution in [-0.4, -0.2) is 10.8 Å². The molecule has 0 saturated heterocycles. The molecule has 75 heavy (non-hydrogen) atoms. The Hall–Kier alpha value is -5.80. The monoisotopic (exact) mass is 1200 g/mol. The van der Waals surface area contributed by atoms with Crippen molar-refractivity contribution in [3.8, 4) is 0 Å². The van der Waals surface area contributed by atoms with Crippen LogP contribution < -0.4 is 53.7 Å². The molecule has 0 spiro atoms. The van der Waals surface area contributed by atoms with Crippen molar-refractivity contribution in [1.29, 1.82) is 0 Å². The van der Waals surface area contributed by atoms with Crippen molar-refractivity contribution in [3.63, 3.8) is 0 Å². The molecule has 0 aliphatic heterocycles. The van der Waals surface area contributed by atoms with E-state index in [1.807, 2.05) is 0 Å². The maximum absolute atomic E-state index is 2.65. The third kappa shape index (κ3) is 13.6. The van der Waals surface area contributed by atoms with Crippen LogP contribution in [0.15, 0.2) is 303 Å². The molecule has 10 aromatic rings. The van der Waals surface area contributed by atoms with E-state index in [4.69, 9.17) is 0 Å². The zero-order valence-corrected chi connectivity index (χ0v) is 48.2. The average Bonchev–Trinajstić information content (AvgIpc) is 3.48. The van der Waals surface area contributed by atoms with Crippen LogP contribution in [0.25, 0.3) is 0 Å². The smallest absolute Gasteiger partial charge is 0.195 e. The Balaban J connectivity index is 0.000000185. The second-order valence-corrected chi connectivity index (χ2v) is 28.6. The van der Waals surface area contributed by atoms with E-state index in [1.54, 1.807) is 0 Å². The molecule has 0 aromatic heterocycles. The molecule has 1 aliphatic rings. The van der Waals surface area contributed by atoms with E-state index in [2.05, 4.69) is 336 Å². The van der Waals surface area contributed by atoms with Crippen LogP contribution in [0.3, 0.4) is 0 Å². The second-order valence-electron chi connectivity index (χ2n) is 18.9. The molecule has 0 bridgehead atoms. The molecule has 11 rings (SSSR count). The van der Waals surface area contributed by atoms with E-state index in [1.165, 1.54) is 79.4 Å². The Morgan fingerprint density at radius 2 is 0.467 bits per heavy atom. The van der Waals surface area contributed by atoms with Crippen molar-refractivity contribution < 1.29 is 20.1 Å². The van der Waals surface area contributed by atoms with Crippen molar-refractivity contribution in [2.75, 3.05) is 0 Å². The minimum absolute atomic E-state index is 0. The predicted octanol–water partition coefficient (Wildman–Crippen LogP) is 13.0. The average molecular weight is 1200 g/mol. The van der Waals surface area contributed by atoms with E-state index in [-0.39, 0.29) is 24.7 Å². The summed E-state index contributed by atoms with van der Waals surface area (Å²) < 4.78 is -0.0568. The molecule has 5 radical (unpaired) electrons. The van der Waals surface area contributed by atoms with Gasteiger partial charge in [0.1, 0.15) is 43.2 Å². The summed E-state index contributed by atoms with van der Waals surface area (Å²) in [5.41, 5.74) is 5.36. The zero-order valence-electron chi connectivity index (χ0n) is 42.9. The molecular weight excluding hydrogens is 1140 g/mol. The maximum Gasteiger partial charge on any atom is 0.212 e. The van der Waals surface area contributed by atoms with Crippen LogP contribution >= 0.6 is 23.8 Å². The van der Waals surface area contributed by atoms with E-state index >= 15 is 0 Å². The normalized spacial score (nSPS) is 12.7. The summed E-state index contributed by atoms with van der Waals surface area (Å²) in [6, 6.07) is 112. The molecule has 0 unspecified atom stereocenters. The van der Waals surface area contributed by atoms with Gasteiger partial charge < -0.3 is 0 Å². The summed E-state index contributed by atoms with van der Waals surface area (Å²) in [5.74, 6) is 0. The van der Waals surface area contributed by atoms with Crippen molar-refractivity contribution >= 4 is 83.6 Å². The fourth-order valence-electron chi connectivity index (χ4n) is 11.0. The van der Waals surface area contributed by atoms with Gasteiger partial charge in [0.25, 0.3) is 0 Å². The first-order valence-electron chi connectivity index (χ1n) is 26.2. The standard InChI is InChI=1S/C38H33P3.C24H20B.C8H12.Ir/c1-38(39(32-20-8-2-9-21-32)33-22-10-3-11-23-33,40(34-24-12-4-13-25-34)35-26-14-5-15-27-35)41(36-28-16-6-17-29-36)37-30-18-7-19-31-37;1-5-13-21(14-6-1)25(22-15-7-2-8-16-22,23-17-9-3-10-18-23)24-19-11-4-12-20-24;1-2-4-6-8-7-5-3-1;/h2-31H,1H3;1-20H;1-2,7-8H,3-6H2;/q;-1;;/p+2. The topological polar surface area (TPSA) is 0 Å². The van der Waals surface area contributed by atoms with Gasteiger partial charge in [0, 0.05) is 35.0 Å². The van der Waals surface area contributed by atoms with Crippen molar-refractivity contribution in [2.24, 2.45) is 0 Å². The van der Waals surface area contributed by atoms with Crippen LogP contribution in [0.2, 0.25) is 0 Å². The van der Waals surface area contributed by atoms with Gasteiger partial charge in [-0.05, 0) is 111 Å². The van der Waals surface area contributed by atoms with Gasteiger partial charge in [-0.1, -0.05) is 255 Å². The number of rotatable bonds is 13. The molecular formula is C70H67BIrP3+. The first kappa shape index (κ1) is 55.4. The molecule has 0 atom stereocenters. The van der Waals surface area contributed by atoms with Crippen LogP contribution in [0, 0.1) is 25.7 Å². The number of hydrogen-bond donors (Lipinski definition) is 0. The minimum Gasteiger partial charge on any atom is -0.195 e. The SMILES string of the molecule is CC(P(c1ccccc1)c1ccccc1)([PH+](c1ccccc1)c1ccccc1)[PH+](c1ccccc1)c1ccccc1.[CH]1[CH]CC[CH][CH]CC1.[Ir].c1ccc([B-](c2ccccc2)(c2ccccc2)c2ccccc2)cc1. The van der Waals surface area contributed by atoms with Crippen LogP contribution in [0.1, 0.15) is 32.6 Å². The molecule has 0 N–H and O–H groups in total. The van der Waals surface area contributed by atoms with Crippen LogP contribution in [-0.2, 0) is 20.1 Å². The van der Waals surface area contributed by atoms with E-state index < -0.39 is 29.9 Å². The zero-order chi connectivity index (χ0) is 50.5. The Bertz CT molecular complexity index is 2600. The molecule has 0 amide bonds. The maximum atomic E-state index is 2.65. The van der Waals surface area contributed by atoms with Crippen molar-refractivity contribution in [2.45, 2.75) is 37.2 Å². The van der Waals surface area contributed by atoms with Gasteiger partial charge >= 0.3 is 0 Å². The Kier molecular flexibility index (Phi) is 21.4. The summed E-state index contributed by atoms with van der Waals surface area (Å²) in [5, 5.41) is 8.78. The van der Waals surface area contributed by atoms with Gasteiger partial charge in [-0.3, -0.25) is 0 Å². The van der Waals surface area contributed by atoms with Gasteiger partial charge in [-0.25, -0.2) is 0 Å². The van der Waals surface area contributed by atoms with Gasteiger partial charge in [0.05, 0.1) is 0 Å². The molecule has 10 aromatic carbocycles. The molecule has 0 nitrogen and oxygen atoms in total. The molecule has 373 valence electrons. The number of hydrogen-bond acceptors (Lipinski definition) is 0. The first-order chi connectivity index (χ1) is 36.7.